The lowest BCUT2D eigenvalue weighted by molar-refractivity contribution is -0.963. The second kappa shape index (κ2) is 8.14. The van der Waals surface area contributed by atoms with E-state index in [1.54, 1.807) is 21.9 Å². The molecule has 4 nitrogen and oxygen atoms in total. The van der Waals surface area contributed by atoms with Gasteiger partial charge < -0.3 is 14.7 Å². The first-order valence-corrected chi connectivity index (χ1v) is 9.86. The summed E-state index contributed by atoms with van der Waals surface area (Å²) < 4.78 is 14.0. The van der Waals surface area contributed by atoms with Crippen LogP contribution in [0.15, 0.2) is 48.8 Å². The van der Waals surface area contributed by atoms with Crippen molar-refractivity contribution in [3.05, 3.63) is 60.2 Å². The largest absolute Gasteiger partial charge is 0.358 e. The number of anilines is 1. The van der Waals surface area contributed by atoms with Crippen LogP contribution in [0.25, 0.3) is 0 Å². The van der Waals surface area contributed by atoms with Gasteiger partial charge in [-0.1, -0.05) is 18.2 Å². The molecule has 4 rings (SSSR count). The molecular formula is C21H29FN4+2. The Morgan fingerprint density at radius 3 is 2.46 bits per heavy atom. The third-order valence-electron chi connectivity index (χ3n) is 6.05. The van der Waals surface area contributed by atoms with Crippen LogP contribution in [-0.4, -0.2) is 50.3 Å². The molecule has 26 heavy (non-hydrogen) atoms. The minimum Gasteiger partial charge on any atom is -0.358 e. The van der Waals surface area contributed by atoms with Crippen molar-refractivity contribution >= 4 is 5.69 Å². The van der Waals surface area contributed by atoms with E-state index >= 15 is 0 Å². The number of likely N-dealkylation sites (tertiary alicyclic amines) is 1. The van der Waals surface area contributed by atoms with Gasteiger partial charge in [-0.25, -0.2) is 4.39 Å². The van der Waals surface area contributed by atoms with E-state index in [9.17, 15) is 4.39 Å². The van der Waals surface area contributed by atoms with Crippen molar-refractivity contribution in [3.63, 3.8) is 0 Å². The second-order valence-corrected chi connectivity index (χ2v) is 7.66. The Labute approximate surface area is 155 Å². The standard InChI is InChI=1S/C21H27FN4/c22-20-5-1-2-6-21(20)26-14-12-25(13-15-26)19-7-10-24(11-8-19)17-18-4-3-9-23-16-18/h1-6,9,16,19H,7-8,10-15,17H2/p+2. The summed E-state index contributed by atoms with van der Waals surface area (Å²) in [5, 5.41) is 0. The van der Waals surface area contributed by atoms with Gasteiger partial charge in [0.2, 0.25) is 0 Å². The molecule has 2 aliphatic rings. The highest BCUT2D eigenvalue weighted by Gasteiger charge is 2.32. The molecule has 0 bridgehead atoms. The van der Waals surface area contributed by atoms with Crippen LogP contribution < -0.4 is 14.7 Å². The molecule has 0 aliphatic carbocycles. The molecule has 2 fully saturated rings. The zero-order valence-electron chi connectivity index (χ0n) is 15.3. The summed E-state index contributed by atoms with van der Waals surface area (Å²) in [6.45, 7) is 7.75. The van der Waals surface area contributed by atoms with E-state index in [2.05, 4.69) is 16.0 Å². The van der Waals surface area contributed by atoms with Crippen LogP contribution in [0.1, 0.15) is 18.4 Å². The average molecular weight is 356 g/mol. The first-order valence-electron chi connectivity index (χ1n) is 9.86. The van der Waals surface area contributed by atoms with Crippen LogP contribution in [0.4, 0.5) is 10.1 Å². The number of piperidine rings is 1. The van der Waals surface area contributed by atoms with E-state index in [1.807, 2.05) is 30.6 Å². The summed E-state index contributed by atoms with van der Waals surface area (Å²) in [5.41, 5.74) is 2.11. The Hall–Kier alpha value is -1.98. The number of para-hydroxylation sites is 1. The van der Waals surface area contributed by atoms with Crippen molar-refractivity contribution in [2.24, 2.45) is 0 Å². The van der Waals surface area contributed by atoms with Gasteiger partial charge in [-0.15, -0.1) is 0 Å². The molecule has 2 N–H and O–H groups in total. The van der Waals surface area contributed by atoms with E-state index in [0.29, 0.717) is 0 Å². The third kappa shape index (κ3) is 4.05. The van der Waals surface area contributed by atoms with Gasteiger partial charge >= 0.3 is 0 Å². The molecule has 0 amide bonds. The fraction of sp³-hybridized carbons (Fsp3) is 0.476. The summed E-state index contributed by atoms with van der Waals surface area (Å²) in [6, 6.07) is 12.1. The van der Waals surface area contributed by atoms with Gasteiger partial charge in [-0.3, -0.25) is 4.98 Å². The number of aromatic nitrogens is 1. The van der Waals surface area contributed by atoms with E-state index < -0.39 is 0 Å². The van der Waals surface area contributed by atoms with E-state index in [0.717, 1.165) is 44.5 Å². The number of nitrogens with one attached hydrogen (secondary N) is 2. The maximum absolute atomic E-state index is 14.0. The molecule has 2 saturated heterocycles. The predicted octanol–water partition coefficient (Wildman–Crippen LogP) is 0.173. The normalized spacial score (nSPS) is 24.6. The molecule has 1 aromatic carbocycles. The van der Waals surface area contributed by atoms with Gasteiger partial charge in [-0.2, -0.15) is 0 Å². The molecule has 0 radical (unpaired) electrons. The molecule has 0 atom stereocenters. The molecule has 2 aromatic rings. The van der Waals surface area contributed by atoms with Gasteiger partial charge in [0.15, 0.2) is 0 Å². The maximum atomic E-state index is 14.0. The number of piperazine rings is 1. The highest BCUT2D eigenvalue weighted by molar-refractivity contribution is 5.47. The number of rotatable bonds is 4. The minimum atomic E-state index is -0.0942. The van der Waals surface area contributed by atoms with Gasteiger partial charge in [0, 0.05) is 30.8 Å². The number of benzene rings is 1. The number of nitrogens with zero attached hydrogens (tertiary/aromatic N) is 2. The topological polar surface area (TPSA) is 25.0 Å². The number of pyridine rings is 1. The van der Waals surface area contributed by atoms with Gasteiger partial charge in [0.1, 0.15) is 12.4 Å². The van der Waals surface area contributed by atoms with Gasteiger partial charge in [0.25, 0.3) is 0 Å². The van der Waals surface area contributed by atoms with Crippen LogP contribution in [0.3, 0.4) is 0 Å². The number of hydrogen-bond acceptors (Lipinski definition) is 2. The lowest BCUT2D eigenvalue weighted by Gasteiger charge is -2.39. The van der Waals surface area contributed by atoms with Gasteiger partial charge in [-0.05, 0) is 18.2 Å². The zero-order valence-corrected chi connectivity index (χ0v) is 15.3. The van der Waals surface area contributed by atoms with Crippen molar-refractivity contribution < 1.29 is 14.2 Å². The Balaban J connectivity index is 1.25. The van der Waals surface area contributed by atoms with E-state index in [1.165, 1.54) is 31.5 Å². The summed E-state index contributed by atoms with van der Waals surface area (Å²) in [7, 11) is 0. The van der Waals surface area contributed by atoms with Crippen molar-refractivity contribution in [1.82, 2.24) is 4.98 Å². The Morgan fingerprint density at radius 2 is 1.77 bits per heavy atom. The molecule has 138 valence electrons. The van der Waals surface area contributed by atoms with E-state index in [4.69, 9.17) is 0 Å². The molecule has 2 aliphatic heterocycles. The predicted molar refractivity (Wildman–Crippen MR) is 101 cm³/mol. The first-order chi connectivity index (χ1) is 12.8. The summed E-state index contributed by atoms with van der Waals surface area (Å²) in [5.74, 6) is -0.0942. The molecule has 5 heteroatoms. The molecule has 1 aromatic heterocycles. The molecule has 3 heterocycles. The van der Waals surface area contributed by atoms with Crippen LogP contribution in [-0.2, 0) is 6.54 Å². The highest BCUT2D eigenvalue weighted by Crippen LogP contribution is 2.18. The third-order valence-corrected chi connectivity index (χ3v) is 6.05. The lowest BCUT2D eigenvalue weighted by atomic mass is 10.0. The summed E-state index contributed by atoms with van der Waals surface area (Å²) >= 11 is 0. The van der Waals surface area contributed by atoms with Crippen molar-refractivity contribution in [3.8, 4) is 0 Å². The first kappa shape index (κ1) is 17.4. The highest BCUT2D eigenvalue weighted by atomic mass is 19.1. The number of quaternary nitrogens is 2. The Morgan fingerprint density at radius 1 is 1.00 bits per heavy atom. The lowest BCUT2D eigenvalue weighted by Crippen LogP contribution is -3.21. The van der Waals surface area contributed by atoms with Crippen molar-refractivity contribution in [2.75, 3.05) is 44.2 Å². The zero-order chi connectivity index (χ0) is 17.8. The molecule has 0 spiro atoms. The molecule has 0 saturated carbocycles. The fourth-order valence-electron chi connectivity index (χ4n) is 4.55. The summed E-state index contributed by atoms with van der Waals surface area (Å²) in [6.07, 6.45) is 6.43. The van der Waals surface area contributed by atoms with Crippen molar-refractivity contribution in [2.45, 2.75) is 25.4 Å². The molecular weight excluding hydrogens is 327 g/mol. The molecule has 0 unspecified atom stereocenters. The minimum absolute atomic E-state index is 0.0942. The van der Waals surface area contributed by atoms with E-state index in [-0.39, 0.29) is 5.82 Å². The number of halogens is 1. The smallest absolute Gasteiger partial charge is 0.146 e. The summed E-state index contributed by atoms with van der Waals surface area (Å²) in [4.78, 5) is 9.84. The SMILES string of the molecule is Fc1ccccc1N1CC[NH+](C2CC[NH+](Cc3cccnc3)CC2)CC1. The van der Waals surface area contributed by atoms with Gasteiger partial charge in [0.05, 0.1) is 51.0 Å². The maximum Gasteiger partial charge on any atom is 0.146 e. The fourth-order valence-corrected chi connectivity index (χ4v) is 4.55. The van der Waals surface area contributed by atoms with Crippen molar-refractivity contribution in [1.29, 1.82) is 0 Å². The van der Waals surface area contributed by atoms with Crippen LogP contribution in [0.2, 0.25) is 0 Å². The monoisotopic (exact) mass is 356 g/mol. The van der Waals surface area contributed by atoms with Crippen LogP contribution in [0, 0.1) is 5.82 Å². The van der Waals surface area contributed by atoms with Crippen LogP contribution >= 0.6 is 0 Å². The average Bonchev–Trinajstić information content (AvgIpc) is 2.70. The Kier molecular flexibility index (Phi) is 5.46. The Bertz CT molecular complexity index is 692. The quantitative estimate of drug-likeness (QED) is 0.817. The number of hydrogen-bond donors (Lipinski definition) is 2. The second-order valence-electron chi connectivity index (χ2n) is 7.66. The van der Waals surface area contributed by atoms with Crippen LogP contribution in [0.5, 0.6) is 0 Å².